The predicted molar refractivity (Wildman–Crippen MR) is 263 cm³/mol. The molecule has 0 spiro atoms. The van der Waals surface area contributed by atoms with Crippen LogP contribution in [0.5, 0.6) is 0 Å². The molecule has 60 heavy (non-hydrogen) atoms. The van der Waals surface area contributed by atoms with Gasteiger partial charge in [-0.2, -0.15) is 0 Å². The first-order valence-electron chi connectivity index (χ1n) is 22.2. The standard InChI is InChI=1S/C56H54B2N2/c1-29(2)39-13-15-49-41(25-39)43-21-33(7)23-47-55(43)59(49)51-27-46-52(28-45(51)57(47)53-35(9)17-31(5)18-36(53)10)60-50-16-14-40(30(3)4)26-42(50)44-22-34(8)24-48(56(44)60)58(46)54-37(11)19-32(6)20-38(54)12/h13-30H,1-12H3. The van der Waals surface area contributed by atoms with E-state index in [9.17, 15) is 0 Å². The van der Waals surface area contributed by atoms with E-state index in [1.807, 2.05) is 0 Å². The van der Waals surface area contributed by atoms with E-state index < -0.39 is 0 Å². The van der Waals surface area contributed by atoms with E-state index in [1.54, 1.807) is 0 Å². The topological polar surface area (TPSA) is 9.86 Å². The van der Waals surface area contributed by atoms with Crippen molar-refractivity contribution in [2.24, 2.45) is 0 Å². The summed E-state index contributed by atoms with van der Waals surface area (Å²) in [6.07, 6.45) is 0. The highest BCUT2D eigenvalue weighted by Crippen LogP contribution is 2.39. The molecule has 7 aromatic carbocycles. The summed E-state index contributed by atoms with van der Waals surface area (Å²) in [7, 11) is 0. The van der Waals surface area contributed by atoms with E-state index in [0.717, 1.165) is 0 Å². The molecule has 294 valence electrons. The molecule has 2 aliphatic rings. The third kappa shape index (κ3) is 5.09. The highest BCUT2D eigenvalue weighted by molar-refractivity contribution is 7.00. The van der Waals surface area contributed by atoms with E-state index in [1.165, 1.54) is 143 Å². The summed E-state index contributed by atoms with van der Waals surface area (Å²) in [6.45, 7) is 27.8. The van der Waals surface area contributed by atoms with Crippen molar-refractivity contribution in [1.82, 2.24) is 9.13 Å². The number of aromatic nitrogens is 2. The Hall–Kier alpha value is -5.73. The van der Waals surface area contributed by atoms with Gasteiger partial charge in [0.1, 0.15) is 0 Å². The largest absolute Gasteiger partial charge is 0.310 e. The minimum absolute atomic E-state index is 0.0697. The number of nitrogens with zero attached hydrogens (tertiary/aromatic N) is 2. The average molecular weight is 777 g/mol. The van der Waals surface area contributed by atoms with Gasteiger partial charge >= 0.3 is 0 Å². The van der Waals surface area contributed by atoms with Gasteiger partial charge in [-0.15, -0.1) is 0 Å². The molecule has 0 N–H and O–H groups in total. The van der Waals surface area contributed by atoms with Crippen molar-refractivity contribution in [3.8, 4) is 11.4 Å². The Labute approximate surface area is 356 Å². The van der Waals surface area contributed by atoms with Gasteiger partial charge in [-0.05, 0) is 149 Å². The molecule has 0 fully saturated rings. The second-order valence-electron chi connectivity index (χ2n) is 19.5. The summed E-state index contributed by atoms with van der Waals surface area (Å²) in [5, 5.41) is 5.43. The van der Waals surface area contributed by atoms with E-state index in [0.29, 0.717) is 11.8 Å². The highest BCUT2D eigenvalue weighted by Gasteiger charge is 2.41. The number of hydrogen-bond donors (Lipinski definition) is 0. The Morgan fingerprint density at radius 3 is 1.07 bits per heavy atom. The van der Waals surface area contributed by atoms with Crippen LogP contribution >= 0.6 is 0 Å². The van der Waals surface area contributed by atoms with Crippen molar-refractivity contribution in [1.29, 1.82) is 0 Å². The van der Waals surface area contributed by atoms with Crippen LogP contribution in [-0.4, -0.2) is 22.6 Å². The molecule has 2 aliphatic heterocycles. The van der Waals surface area contributed by atoms with Crippen LogP contribution in [-0.2, 0) is 0 Å². The van der Waals surface area contributed by atoms with Gasteiger partial charge in [0.25, 0.3) is 0 Å². The predicted octanol–water partition coefficient (Wildman–Crippen LogP) is 10.3. The zero-order valence-corrected chi connectivity index (χ0v) is 37.4. The molecule has 0 amide bonds. The van der Waals surface area contributed by atoms with Crippen LogP contribution in [0.15, 0.2) is 97.1 Å². The lowest BCUT2D eigenvalue weighted by molar-refractivity contribution is 0.868. The molecule has 4 heterocycles. The Balaban J connectivity index is 1.36. The van der Waals surface area contributed by atoms with E-state index >= 15 is 0 Å². The van der Waals surface area contributed by atoms with Crippen molar-refractivity contribution in [3.63, 3.8) is 0 Å². The molecule has 0 aliphatic carbocycles. The van der Waals surface area contributed by atoms with Gasteiger partial charge in [-0.1, -0.05) is 132 Å². The van der Waals surface area contributed by atoms with Gasteiger partial charge in [-0.3, -0.25) is 0 Å². The first kappa shape index (κ1) is 37.3. The normalized spacial score (nSPS) is 13.2. The SMILES string of the molecule is Cc1cc(C)c(B2c3cc4c(cc3-n3c5ccc(C(C)C)cc5c5cc(C)cc2c53)B(c2c(C)cc(C)cc2C)c2cc(C)cc3c5cc(C(C)C)ccc5n-4c23)c(C)c1. The molecular weight excluding hydrogens is 722 g/mol. The molecule has 4 heteroatoms. The van der Waals surface area contributed by atoms with Crippen molar-refractivity contribution < 1.29 is 0 Å². The minimum Gasteiger partial charge on any atom is -0.310 e. The number of aryl methyl sites for hydroxylation is 8. The van der Waals surface area contributed by atoms with Gasteiger partial charge < -0.3 is 9.13 Å². The van der Waals surface area contributed by atoms with Gasteiger partial charge in [0.2, 0.25) is 13.4 Å². The second-order valence-corrected chi connectivity index (χ2v) is 19.5. The third-order valence-corrected chi connectivity index (χ3v) is 14.4. The number of fused-ring (bicyclic) bond motifs is 10. The van der Waals surface area contributed by atoms with Crippen molar-refractivity contribution in [3.05, 3.63) is 153 Å². The lowest BCUT2D eigenvalue weighted by Crippen LogP contribution is -2.61. The molecule has 2 nitrogen and oxygen atoms in total. The summed E-state index contributed by atoms with van der Waals surface area (Å²) >= 11 is 0. The maximum absolute atomic E-state index is 2.66. The minimum atomic E-state index is 0.0697. The van der Waals surface area contributed by atoms with Gasteiger partial charge in [0.15, 0.2) is 0 Å². The zero-order valence-electron chi connectivity index (χ0n) is 37.4. The second kappa shape index (κ2) is 12.9. The Bertz CT molecular complexity index is 3100. The monoisotopic (exact) mass is 776 g/mol. The van der Waals surface area contributed by atoms with Crippen LogP contribution < -0.4 is 32.8 Å². The van der Waals surface area contributed by atoms with Crippen LogP contribution in [0, 0.1) is 55.4 Å². The molecule has 0 radical (unpaired) electrons. The maximum atomic E-state index is 2.66. The highest BCUT2D eigenvalue weighted by atomic mass is 15.0. The fourth-order valence-electron chi connectivity index (χ4n) is 12.1. The molecule has 11 rings (SSSR count). The quantitative estimate of drug-likeness (QED) is 0.158. The van der Waals surface area contributed by atoms with Gasteiger partial charge in [0.05, 0.1) is 11.0 Å². The van der Waals surface area contributed by atoms with E-state index in [4.69, 9.17) is 0 Å². The first-order chi connectivity index (χ1) is 28.7. The van der Waals surface area contributed by atoms with Crippen LogP contribution in [0.1, 0.15) is 95.2 Å². The van der Waals surface area contributed by atoms with Crippen LogP contribution in [0.3, 0.4) is 0 Å². The van der Waals surface area contributed by atoms with Gasteiger partial charge in [0, 0.05) is 44.0 Å². The molecule has 2 aromatic heterocycles. The lowest BCUT2D eigenvalue weighted by atomic mass is 9.32. The van der Waals surface area contributed by atoms with Crippen molar-refractivity contribution >= 4 is 89.8 Å². The smallest absolute Gasteiger partial charge is 0.247 e. The molecule has 0 atom stereocenters. The molecule has 0 bridgehead atoms. The molecule has 0 saturated heterocycles. The lowest BCUT2D eigenvalue weighted by Gasteiger charge is -2.34. The number of hydrogen-bond acceptors (Lipinski definition) is 0. The summed E-state index contributed by atoms with van der Waals surface area (Å²) < 4.78 is 5.31. The van der Waals surface area contributed by atoms with E-state index in [2.05, 4.69) is 189 Å². The van der Waals surface area contributed by atoms with Gasteiger partial charge in [-0.25, -0.2) is 0 Å². The summed E-state index contributed by atoms with van der Waals surface area (Å²) in [5.41, 5.74) is 29.9. The summed E-state index contributed by atoms with van der Waals surface area (Å²) in [6, 6.07) is 39.3. The molecule has 0 saturated carbocycles. The van der Waals surface area contributed by atoms with Crippen LogP contribution in [0.25, 0.3) is 55.0 Å². The van der Waals surface area contributed by atoms with Crippen LogP contribution in [0.4, 0.5) is 0 Å². The number of rotatable bonds is 4. The number of benzene rings is 7. The average Bonchev–Trinajstić information content (AvgIpc) is 3.68. The van der Waals surface area contributed by atoms with Crippen molar-refractivity contribution in [2.75, 3.05) is 0 Å². The first-order valence-corrected chi connectivity index (χ1v) is 22.2. The fourth-order valence-corrected chi connectivity index (χ4v) is 12.1. The molecule has 0 unspecified atom stereocenters. The molecule has 9 aromatic rings. The summed E-state index contributed by atoms with van der Waals surface area (Å²) in [4.78, 5) is 0. The van der Waals surface area contributed by atoms with E-state index in [-0.39, 0.29) is 13.4 Å². The molecular formula is C56H54B2N2. The fraction of sp³-hybridized carbons (Fsp3) is 0.250. The summed E-state index contributed by atoms with van der Waals surface area (Å²) in [5.74, 6) is 0.893. The third-order valence-electron chi connectivity index (χ3n) is 14.4. The Morgan fingerprint density at radius 1 is 0.367 bits per heavy atom. The van der Waals surface area contributed by atoms with Crippen molar-refractivity contribution in [2.45, 2.75) is 94.9 Å². The Kier molecular flexibility index (Phi) is 8.01. The maximum Gasteiger partial charge on any atom is 0.247 e. The zero-order chi connectivity index (χ0) is 41.8. The van der Waals surface area contributed by atoms with Crippen LogP contribution in [0.2, 0.25) is 0 Å². The Morgan fingerprint density at radius 2 is 0.717 bits per heavy atom.